The first-order valence-corrected chi connectivity index (χ1v) is 13.4. The Kier molecular flexibility index (Phi) is 4.10. The number of hydrogen-bond acceptors (Lipinski definition) is 0. The van der Waals surface area contributed by atoms with Crippen molar-refractivity contribution < 1.29 is 0 Å². The Morgan fingerprint density at radius 1 is 1.07 bits per heavy atom. The molecule has 0 nitrogen and oxygen atoms in total. The average Bonchev–Trinajstić information content (AvgIpc) is 2.01. The summed E-state index contributed by atoms with van der Waals surface area (Å²) in [4.78, 5) is 0. The van der Waals surface area contributed by atoms with Crippen LogP contribution < -0.4 is 0 Å². The molecule has 1 fully saturated rings. The zero-order valence-electron chi connectivity index (χ0n) is 10.8. The molecule has 1 rings (SSSR count). The predicted octanol–water partition coefficient (Wildman–Crippen LogP) is 4.54. The van der Waals surface area contributed by atoms with Crippen LogP contribution in [-0.2, 0) is 0 Å². The van der Waals surface area contributed by atoms with E-state index in [0.717, 1.165) is 6.71 Å². The molecule has 1 aliphatic heterocycles. The molecule has 14 heavy (non-hydrogen) atoms. The summed E-state index contributed by atoms with van der Waals surface area (Å²) in [5, 5.41) is 0. The predicted molar refractivity (Wildman–Crippen MR) is 75.4 cm³/mol. The standard InChI is InChI=1S/C11H27BSi2/c1-13(2,3)9-6-12-7-10-14(4,5)11-8-12/h6-11H2,1-5H3. The minimum atomic E-state index is -0.766. The first kappa shape index (κ1) is 12.6. The van der Waals surface area contributed by atoms with Gasteiger partial charge < -0.3 is 0 Å². The zero-order chi connectivity index (χ0) is 10.8. The van der Waals surface area contributed by atoms with Gasteiger partial charge in [-0.05, 0) is 0 Å². The Morgan fingerprint density at radius 3 is 2.00 bits per heavy atom. The molecule has 0 aromatic carbocycles. The van der Waals surface area contributed by atoms with Crippen LogP contribution in [0.2, 0.25) is 69.8 Å². The molecule has 0 spiro atoms. The van der Waals surface area contributed by atoms with Crippen LogP contribution in [0.15, 0.2) is 0 Å². The van der Waals surface area contributed by atoms with Crippen molar-refractivity contribution in [3.05, 3.63) is 0 Å². The van der Waals surface area contributed by atoms with Gasteiger partial charge in [0.2, 0.25) is 0 Å². The van der Waals surface area contributed by atoms with Crippen LogP contribution >= 0.6 is 0 Å². The van der Waals surface area contributed by atoms with E-state index in [9.17, 15) is 0 Å². The summed E-state index contributed by atoms with van der Waals surface area (Å²) in [7, 11) is -1.46. The lowest BCUT2D eigenvalue weighted by Gasteiger charge is -2.32. The largest absolute Gasteiger partial charge is 0.139 e. The molecule has 0 radical (unpaired) electrons. The molecule has 0 unspecified atom stereocenters. The van der Waals surface area contributed by atoms with E-state index in [4.69, 9.17) is 0 Å². The maximum absolute atomic E-state index is 2.57. The minimum Gasteiger partial charge on any atom is -0.0765 e. The van der Waals surface area contributed by atoms with Crippen molar-refractivity contribution in [1.82, 2.24) is 0 Å². The van der Waals surface area contributed by atoms with E-state index >= 15 is 0 Å². The van der Waals surface area contributed by atoms with E-state index in [1.807, 2.05) is 0 Å². The van der Waals surface area contributed by atoms with Crippen LogP contribution in [0.5, 0.6) is 0 Å². The fourth-order valence-electron chi connectivity index (χ4n) is 2.38. The van der Waals surface area contributed by atoms with E-state index in [2.05, 4.69) is 32.7 Å². The second-order valence-electron chi connectivity index (χ2n) is 7.21. The van der Waals surface area contributed by atoms with Gasteiger partial charge in [-0.2, -0.15) is 0 Å². The molecule has 0 N–H and O–H groups in total. The molecular formula is C11H27BSi2. The maximum Gasteiger partial charge on any atom is 0.139 e. The topological polar surface area (TPSA) is 0 Å². The van der Waals surface area contributed by atoms with E-state index in [0.29, 0.717) is 0 Å². The third kappa shape index (κ3) is 4.83. The molecular weight excluding hydrogens is 199 g/mol. The summed E-state index contributed by atoms with van der Waals surface area (Å²) in [5.74, 6) is 0. The van der Waals surface area contributed by atoms with E-state index in [-0.39, 0.29) is 0 Å². The highest BCUT2D eigenvalue weighted by Crippen LogP contribution is 2.32. The summed E-state index contributed by atoms with van der Waals surface area (Å²) in [6.45, 7) is 13.8. The molecule has 1 saturated heterocycles. The first-order chi connectivity index (χ1) is 6.29. The first-order valence-electron chi connectivity index (χ1n) is 6.29. The lowest BCUT2D eigenvalue weighted by molar-refractivity contribution is 1.10. The zero-order valence-corrected chi connectivity index (χ0v) is 12.8. The van der Waals surface area contributed by atoms with Gasteiger partial charge in [-0.3, -0.25) is 0 Å². The summed E-state index contributed by atoms with van der Waals surface area (Å²) < 4.78 is 0. The van der Waals surface area contributed by atoms with Crippen molar-refractivity contribution in [2.75, 3.05) is 0 Å². The van der Waals surface area contributed by atoms with Crippen LogP contribution in [0.4, 0.5) is 0 Å². The molecule has 1 heterocycles. The third-order valence-corrected chi connectivity index (χ3v) is 8.83. The lowest BCUT2D eigenvalue weighted by atomic mass is 9.43. The van der Waals surface area contributed by atoms with Gasteiger partial charge in [0.05, 0.1) is 0 Å². The molecule has 0 aromatic heterocycles. The third-order valence-electron chi connectivity index (χ3n) is 3.76. The molecule has 82 valence electrons. The van der Waals surface area contributed by atoms with Crippen molar-refractivity contribution >= 4 is 22.9 Å². The van der Waals surface area contributed by atoms with Gasteiger partial charge in [0, 0.05) is 16.1 Å². The number of hydrogen-bond donors (Lipinski definition) is 0. The highest BCUT2D eigenvalue weighted by Gasteiger charge is 2.30. The second-order valence-corrected chi connectivity index (χ2v) is 18.2. The Bertz CT molecular complexity index is 174. The molecule has 0 aliphatic carbocycles. The quantitative estimate of drug-likeness (QED) is 0.620. The van der Waals surface area contributed by atoms with Gasteiger partial charge in [0.1, 0.15) is 6.71 Å². The molecule has 0 bridgehead atoms. The average molecular weight is 226 g/mol. The molecule has 0 aromatic rings. The van der Waals surface area contributed by atoms with E-state index < -0.39 is 16.1 Å². The van der Waals surface area contributed by atoms with Gasteiger partial charge in [-0.1, -0.05) is 69.8 Å². The smallest absolute Gasteiger partial charge is 0.0765 e. The summed E-state index contributed by atoms with van der Waals surface area (Å²) >= 11 is 0. The van der Waals surface area contributed by atoms with Crippen LogP contribution in [-0.4, -0.2) is 22.9 Å². The van der Waals surface area contributed by atoms with Gasteiger partial charge in [-0.25, -0.2) is 0 Å². The highest BCUT2D eigenvalue weighted by atomic mass is 28.3. The number of rotatable bonds is 3. The van der Waals surface area contributed by atoms with Gasteiger partial charge in [-0.15, -0.1) is 0 Å². The summed E-state index contributed by atoms with van der Waals surface area (Å²) in [5.41, 5.74) is 0. The normalized spacial score (nSPS) is 22.5. The lowest BCUT2D eigenvalue weighted by Crippen LogP contribution is -2.35. The van der Waals surface area contributed by atoms with Gasteiger partial charge >= 0.3 is 0 Å². The summed E-state index contributed by atoms with van der Waals surface area (Å²) in [6, 6.07) is 4.76. The molecule has 1 aliphatic rings. The Balaban J connectivity index is 2.23. The van der Waals surface area contributed by atoms with E-state index in [1.54, 1.807) is 37.1 Å². The Morgan fingerprint density at radius 2 is 1.57 bits per heavy atom. The molecule has 0 amide bonds. The monoisotopic (exact) mass is 226 g/mol. The van der Waals surface area contributed by atoms with Crippen molar-refractivity contribution in [3.8, 4) is 0 Å². The van der Waals surface area contributed by atoms with Crippen molar-refractivity contribution in [1.29, 1.82) is 0 Å². The van der Waals surface area contributed by atoms with Crippen LogP contribution in [0.1, 0.15) is 0 Å². The summed E-state index contributed by atoms with van der Waals surface area (Å²) in [6.07, 6.45) is 4.66. The van der Waals surface area contributed by atoms with Gasteiger partial charge in [0.25, 0.3) is 0 Å². The molecule has 0 saturated carbocycles. The maximum atomic E-state index is 2.57. The Hall–Kier alpha value is 0.499. The molecule has 3 heteroatoms. The van der Waals surface area contributed by atoms with Crippen LogP contribution in [0, 0.1) is 0 Å². The molecule has 0 atom stereocenters. The Labute approximate surface area is 93.0 Å². The highest BCUT2D eigenvalue weighted by molar-refractivity contribution is 6.82. The minimum absolute atomic E-state index is 0.696. The second kappa shape index (κ2) is 4.56. The van der Waals surface area contributed by atoms with Crippen LogP contribution in [0.3, 0.4) is 0 Å². The van der Waals surface area contributed by atoms with Crippen molar-refractivity contribution in [2.45, 2.75) is 69.8 Å². The fraction of sp³-hybridized carbons (Fsp3) is 1.00. The van der Waals surface area contributed by atoms with Crippen molar-refractivity contribution in [2.24, 2.45) is 0 Å². The fourth-order valence-corrected chi connectivity index (χ4v) is 6.29. The van der Waals surface area contributed by atoms with E-state index in [1.165, 1.54) is 0 Å². The van der Waals surface area contributed by atoms with Crippen LogP contribution in [0.25, 0.3) is 0 Å². The van der Waals surface area contributed by atoms with Gasteiger partial charge in [0.15, 0.2) is 0 Å². The SMILES string of the molecule is C[Si](C)(C)CCB1CC[Si](C)(C)CC1. The van der Waals surface area contributed by atoms with Crippen molar-refractivity contribution in [3.63, 3.8) is 0 Å².